The number of anilines is 1. The van der Waals surface area contributed by atoms with Gasteiger partial charge in [-0.15, -0.1) is 0 Å². The number of amides is 2. The van der Waals surface area contributed by atoms with Crippen molar-refractivity contribution in [3.05, 3.63) is 65.5 Å². The van der Waals surface area contributed by atoms with Crippen molar-refractivity contribution >= 4 is 17.5 Å². The van der Waals surface area contributed by atoms with Crippen LogP contribution in [0.3, 0.4) is 0 Å². The molecule has 1 N–H and O–H groups in total. The summed E-state index contributed by atoms with van der Waals surface area (Å²) in [6.07, 6.45) is 2.17. The standard InChI is InChI=1S/C23H27FN2O2/c1-3-16(2)18-8-5-7-11-21(18)25-22(27)17-12-14-26(15-13-17)23(28)19-9-4-6-10-20(19)24/h4-11,16-17H,3,12-15H2,1-2H3,(H,25,27)/t16-/m0/s1. The van der Waals surface area contributed by atoms with Crippen molar-refractivity contribution in [2.45, 2.75) is 39.0 Å². The van der Waals surface area contributed by atoms with E-state index in [1.54, 1.807) is 17.0 Å². The van der Waals surface area contributed by atoms with Crippen molar-refractivity contribution in [1.82, 2.24) is 4.90 Å². The van der Waals surface area contributed by atoms with Gasteiger partial charge in [0.2, 0.25) is 5.91 Å². The molecule has 0 aliphatic carbocycles. The highest BCUT2D eigenvalue weighted by molar-refractivity contribution is 5.95. The van der Waals surface area contributed by atoms with Crippen LogP contribution in [0.5, 0.6) is 0 Å². The van der Waals surface area contributed by atoms with Crippen LogP contribution in [0.4, 0.5) is 10.1 Å². The molecule has 1 atom stereocenters. The summed E-state index contributed by atoms with van der Waals surface area (Å²) in [5.74, 6) is -0.590. The average Bonchev–Trinajstić information content (AvgIpc) is 2.73. The smallest absolute Gasteiger partial charge is 0.256 e. The number of carbonyl (C=O) groups excluding carboxylic acids is 2. The molecule has 2 aromatic rings. The number of halogens is 1. The van der Waals surface area contributed by atoms with Gasteiger partial charge < -0.3 is 10.2 Å². The Labute approximate surface area is 165 Å². The van der Waals surface area contributed by atoms with E-state index in [1.807, 2.05) is 18.2 Å². The Hall–Kier alpha value is -2.69. The number of likely N-dealkylation sites (tertiary alicyclic amines) is 1. The maximum Gasteiger partial charge on any atom is 0.256 e. The van der Waals surface area contributed by atoms with E-state index in [9.17, 15) is 14.0 Å². The average molecular weight is 382 g/mol. The lowest BCUT2D eigenvalue weighted by molar-refractivity contribution is -0.121. The molecule has 148 valence electrons. The molecule has 0 unspecified atom stereocenters. The second kappa shape index (κ2) is 9.00. The lowest BCUT2D eigenvalue weighted by Crippen LogP contribution is -2.41. The molecule has 3 rings (SSSR count). The van der Waals surface area contributed by atoms with Gasteiger partial charge in [0.05, 0.1) is 5.56 Å². The van der Waals surface area contributed by atoms with Gasteiger partial charge in [-0.25, -0.2) is 4.39 Å². The Morgan fingerprint density at radius 3 is 2.43 bits per heavy atom. The van der Waals surface area contributed by atoms with E-state index in [-0.39, 0.29) is 23.3 Å². The fraction of sp³-hybridized carbons (Fsp3) is 0.391. The third-order valence-electron chi connectivity index (χ3n) is 5.62. The molecule has 0 aromatic heterocycles. The molecule has 28 heavy (non-hydrogen) atoms. The van der Waals surface area contributed by atoms with Crippen LogP contribution in [0.25, 0.3) is 0 Å². The third kappa shape index (κ3) is 4.41. The van der Waals surface area contributed by atoms with E-state index in [2.05, 4.69) is 25.2 Å². The Morgan fingerprint density at radius 2 is 1.75 bits per heavy atom. The summed E-state index contributed by atoms with van der Waals surface area (Å²) >= 11 is 0. The van der Waals surface area contributed by atoms with E-state index in [1.165, 1.54) is 12.1 Å². The molecule has 0 spiro atoms. The normalized spacial score (nSPS) is 15.9. The Kier molecular flexibility index (Phi) is 6.45. The van der Waals surface area contributed by atoms with Gasteiger partial charge in [-0.05, 0) is 48.9 Å². The van der Waals surface area contributed by atoms with Gasteiger partial charge in [0, 0.05) is 24.7 Å². The number of para-hydroxylation sites is 1. The van der Waals surface area contributed by atoms with Gasteiger partial charge in [0.25, 0.3) is 5.91 Å². The first kappa shape index (κ1) is 20.1. The molecular weight excluding hydrogens is 355 g/mol. The van der Waals surface area contributed by atoms with Crippen LogP contribution >= 0.6 is 0 Å². The lowest BCUT2D eigenvalue weighted by atomic mass is 9.93. The first-order valence-corrected chi connectivity index (χ1v) is 9.94. The highest BCUT2D eigenvalue weighted by Gasteiger charge is 2.29. The molecule has 2 aromatic carbocycles. The molecule has 0 radical (unpaired) electrons. The van der Waals surface area contributed by atoms with Crippen molar-refractivity contribution in [2.75, 3.05) is 18.4 Å². The minimum Gasteiger partial charge on any atom is -0.339 e. The Balaban J connectivity index is 1.60. The Bertz CT molecular complexity index is 844. The second-order valence-electron chi connectivity index (χ2n) is 7.43. The van der Waals surface area contributed by atoms with Crippen molar-refractivity contribution < 1.29 is 14.0 Å². The molecule has 1 aliphatic heterocycles. The number of rotatable bonds is 5. The monoisotopic (exact) mass is 382 g/mol. The number of hydrogen-bond acceptors (Lipinski definition) is 2. The van der Waals surface area contributed by atoms with E-state index in [0.717, 1.165) is 17.7 Å². The van der Waals surface area contributed by atoms with Crippen molar-refractivity contribution in [1.29, 1.82) is 0 Å². The summed E-state index contributed by atoms with van der Waals surface area (Å²) in [5.41, 5.74) is 2.10. The van der Waals surface area contributed by atoms with Crippen LogP contribution in [0.2, 0.25) is 0 Å². The van der Waals surface area contributed by atoms with Crippen molar-refractivity contribution in [2.24, 2.45) is 5.92 Å². The van der Waals surface area contributed by atoms with Crippen molar-refractivity contribution in [3.8, 4) is 0 Å². The second-order valence-corrected chi connectivity index (χ2v) is 7.43. The lowest BCUT2D eigenvalue weighted by Gasteiger charge is -2.31. The van der Waals surface area contributed by atoms with E-state index in [0.29, 0.717) is 31.8 Å². The van der Waals surface area contributed by atoms with E-state index < -0.39 is 5.82 Å². The van der Waals surface area contributed by atoms with Crippen LogP contribution in [0.1, 0.15) is 54.9 Å². The molecule has 2 amide bonds. The zero-order valence-corrected chi connectivity index (χ0v) is 16.5. The maximum atomic E-state index is 13.9. The molecule has 1 aliphatic rings. The molecule has 4 nitrogen and oxygen atoms in total. The SMILES string of the molecule is CC[C@H](C)c1ccccc1NC(=O)C1CCN(C(=O)c2ccccc2F)CC1. The molecule has 5 heteroatoms. The summed E-state index contributed by atoms with van der Waals surface area (Å²) in [7, 11) is 0. The zero-order chi connectivity index (χ0) is 20.1. The zero-order valence-electron chi connectivity index (χ0n) is 16.5. The molecule has 0 saturated carbocycles. The molecule has 0 bridgehead atoms. The van der Waals surface area contributed by atoms with E-state index in [4.69, 9.17) is 0 Å². The predicted octanol–water partition coefficient (Wildman–Crippen LogP) is 4.83. The van der Waals surface area contributed by atoms with Crippen LogP contribution in [0, 0.1) is 11.7 Å². The quantitative estimate of drug-likeness (QED) is 0.805. The number of nitrogens with zero attached hydrogens (tertiary/aromatic N) is 1. The highest BCUT2D eigenvalue weighted by Crippen LogP contribution is 2.28. The van der Waals surface area contributed by atoms with Crippen LogP contribution in [0.15, 0.2) is 48.5 Å². The molecule has 1 fully saturated rings. The predicted molar refractivity (Wildman–Crippen MR) is 109 cm³/mol. The minimum absolute atomic E-state index is 0.00579. The summed E-state index contributed by atoms with van der Waals surface area (Å²) in [6, 6.07) is 13.9. The van der Waals surface area contributed by atoms with Gasteiger partial charge >= 0.3 is 0 Å². The maximum absolute atomic E-state index is 13.9. The number of nitrogens with one attached hydrogen (secondary N) is 1. The van der Waals surface area contributed by atoms with Gasteiger partial charge in [-0.1, -0.05) is 44.2 Å². The van der Waals surface area contributed by atoms with Crippen LogP contribution in [-0.2, 0) is 4.79 Å². The topological polar surface area (TPSA) is 49.4 Å². The minimum atomic E-state index is -0.506. The van der Waals surface area contributed by atoms with Gasteiger partial charge in [0.1, 0.15) is 5.82 Å². The number of benzene rings is 2. The van der Waals surface area contributed by atoms with Crippen molar-refractivity contribution in [3.63, 3.8) is 0 Å². The first-order valence-electron chi connectivity index (χ1n) is 9.94. The van der Waals surface area contributed by atoms with Crippen LogP contribution in [-0.4, -0.2) is 29.8 Å². The summed E-state index contributed by atoms with van der Waals surface area (Å²) in [6.45, 7) is 5.19. The highest BCUT2D eigenvalue weighted by atomic mass is 19.1. The third-order valence-corrected chi connectivity index (χ3v) is 5.62. The van der Waals surface area contributed by atoms with E-state index >= 15 is 0 Å². The summed E-state index contributed by atoms with van der Waals surface area (Å²) < 4.78 is 13.9. The van der Waals surface area contributed by atoms with Gasteiger partial charge in [-0.3, -0.25) is 9.59 Å². The fourth-order valence-electron chi connectivity index (χ4n) is 3.65. The Morgan fingerprint density at radius 1 is 1.11 bits per heavy atom. The largest absolute Gasteiger partial charge is 0.339 e. The number of carbonyl (C=O) groups is 2. The number of hydrogen-bond donors (Lipinski definition) is 1. The molecule has 1 saturated heterocycles. The number of piperidine rings is 1. The summed E-state index contributed by atoms with van der Waals surface area (Å²) in [4.78, 5) is 26.9. The fourth-order valence-corrected chi connectivity index (χ4v) is 3.65. The molecular formula is C23H27FN2O2. The van der Waals surface area contributed by atoms with Crippen LogP contribution < -0.4 is 5.32 Å². The van der Waals surface area contributed by atoms with Gasteiger partial charge in [0.15, 0.2) is 0 Å². The molecule has 1 heterocycles. The van der Waals surface area contributed by atoms with Gasteiger partial charge in [-0.2, -0.15) is 0 Å². The summed E-state index contributed by atoms with van der Waals surface area (Å²) in [5, 5.41) is 3.08. The first-order chi connectivity index (χ1) is 13.5.